The van der Waals surface area contributed by atoms with Crippen molar-refractivity contribution >= 4 is 11.8 Å². The lowest BCUT2D eigenvalue weighted by Crippen LogP contribution is -2.50. The largest absolute Gasteiger partial charge is 0.387 e. The monoisotopic (exact) mass is 394 g/mol. The fourth-order valence-corrected chi connectivity index (χ4v) is 4.84. The van der Waals surface area contributed by atoms with Gasteiger partial charge in [-0.25, -0.2) is 8.78 Å². The van der Waals surface area contributed by atoms with Gasteiger partial charge in [-0.1, -0.05) is 13.8 Å². The summed E-state index contributed by atoms with van der Waals surface area (Å²) in [5.41, 5.74) is -0.652. The number of carbonyl (C=O) groups is 2. The zero-order valence-electron chi connectivity index (χ0n) is 16.4. The van der Waals surface area contributed by atoms with Gasteiger partial charge in [0.1, 0.15) is 18.2 Å². The van der Waals surface area contributed by atoms with Crippen molar-refractivity contribution in [3.05, 3.63) is 35.4 Å². The lowest BCUT2D eigenvalue weighted by molar-refractivity contribution is -0.139. The minimum absolute atomic E-state index is 0.0477. The third kappa shape index (κ3) is 3.77. The van der Waals surface area contributed by atoms with Crippen molar-refractivity contribution in [3.63, 3.8) is 0 Å². The number of fused-ring (bicyclic) bond motifs is 2. The second-order valence-corrected chi connectivity index (χ2v) is 8.42. The van der Waals surface area contributed by atoms with Crippen molar-refractivity contribution in [3.8, 4) is 0 Å². The number of nitrogens with zero attached hydrogens (tertiary/aromatic N) is 1. The second-order valence-electron chi connectivity index (χ2n) is 8.42. The Kier molecular flexibility index (Phi) is 6.03. The molecule has 2 aliphatic rings. The number of nitrogens with one attached hydrogen (secondary N) is 1. The highest BCUT2D eigenvalue weighted by atomic mass is 19.1. The van der Waals surface area contributed by atoms with Gasteiger partial charge in [-0.05, 0) is 56.2 Å². The summed E-state index contributed by atoms with van der Waals surface area (Å²) in [5, 5.41) is 12.1. The molecule has 0 radical (unpaired) electrons. The van der Waals surface area contributed by atoms with Crippen LogP contribution in [0.1, 0.15) is 51.5 Å². The van der Waals surface area contributed by atoms with Gasteiger partial charge in [0, 0.05) is 24.2 Å². The van der Waals surface area contributed by atoms with Crippen LogP contribution >= 0.6 is 0 Å². The van der Waals surface area contributed by atoms with Crippen molar-refractivity contribution in [2.45, 2.75) is 64.6 Å². The quantitative estimate of drug-likeness (QED) is 0.747. The first-order chi connectivity index (χ1) is 13.3. The highest BCUT2D eigenvalue weighted by molar-refractivity contribution is 5.87. The number of halogens is 2. The summed E-state index contributed by atoms with van der Waals surface area (Å²) < 4.78 is 27.3. The van der Waals surface area contributed by atoms with E-state index in [-0.39, 0.29) is 36.0 Å². The first kappa shape index (κ1) is 20.7. The molecule has 2 heterocycles. The predicted molar refractivity (Wildman–Crippen MR) is 100 cm³/mol. The van der Waals surface area contributed by atoms with Crippen molar-refractivity contribution in [1.29, 1.82) is 0 Å². The number of aliphatic hydroxyl groups excluding tert-OH is 1. The molecule has 28 heavy (non-hydrogen) atoms. The number of rotatable bonds is 7. The van der Waals surface area contributed by atoms with Crippen LogP contribution < -0.4 is 5.32 Å². The Bertz CT molecular complexity index is 755. The van der Waals surface area contributed by atoms with Gasteiger partial charge in [0.15, 0.2) is 0 Å². The van der Waals surface area contributed by atoms with Crippen LogP contribution in [-0.4, -0.2) is 40.5 Å². The molecule has 1 aromatic rings. The van der Waals surface area contributed by atoms with Gasteiger partial charge < -0.3 is 15.3 Å². The Morgan fingerprint density at radius 1 is 1.32 bits per heavy atom. The average Bonchev–Trinajstić information content (AvgIpc) is 3.22. The molecule has 5 nitrogen and oxygen atoms in total. The summed E-state index contributed by atoms with van der Waals surface area (Å²) in [6.07, 6.45) is 3.54. The number of hydrogen-bond acceptors (Lipinski definition) is 3. The maximum Gasteiger partial charge on any atom is 0.248 e. The molecule has 0 unspecified atom stereocenters. The van der Waals surface area contributed by atoms with E-state index >= 15 is 0 Å². The van der Waals surface area contributed by atoms with Gasteiger partial charge in [0.05, 0.1) is 5.41 Å². The van der Waals surface area contributed by atoms with E-state index in [0.717, 1.165) is 37.5 Å². The number of amides is 2. The van der Waals surface area contributed by atoms with Crippen LogP contribution in [0, 0.1) is 23.0 Å². The van der Waals surface area contributed by atoms with Crippen LogP contribution in [0.4, 0.5) is 8.78 Å². The lowest BCUT2D eigenvalue weighted by Gasteiger charge is -2.36. The van der Waals surface area contributed by atoms with Crippen LogP contribution in [0.3, 0.4) is 0 Å². The van der Waals surface area contributed by atoms with Gasteiger partial charge in [-0.15, -0.1) is 0 Å². The van der Waals surface area contributed by atoms with E-state index in [1.165, 1.54) is 0 Å². The summed E-state index contributed by atoms with van der Waals surface area (Å²) in [6.45, 7) is 3.50. The van der Waals surface area contributed by atoms with Gasteiger partial charge in [0.2, 0.25) is 11.8 Å². The van der Waals surface area contributed by atoms with Crippen molar-refractivity contribution in [2.24, 2.45) is 11.3 Å². The van der Waals surface area contributed by atoms with Crippen molar-refractivity contribution in [2.75, 3.05) is 6.61 Å². The lowest BCUT2D eigenvalue weighted by atomic mass is 9.69. The van der Waals surface area contributed by atoms with Gasteiger partial charge in [0.25, 0.3) is 0 Å². The molecule has 2 aliphatic heterocycles. The van der Waals surface area contributed by atoms with E-state index in [4.69, 9.17) is 0 Å². The van der Waals surface area contributed by atoms with Gasteiger partial charge in [-0.3, -0.25) is 9.59 Å². The maximum absolute atomic E-state index is 13.9. The molecule has 7 heteroatoms. The predicted octanol–water partition coefficient (Wildman–Crippen LogP) is 2.76. The number of hydrogen-bond donors (Lipinski definition) is 2. The topological polar surface area (TPSA) is 69.6 Å². The molecule has 0 aromatic heterocycles. The first-order valence-electron chi connectivity index (χ1n) is 9.92. The van der Waals surface area contributed by atoms with Crippen LogP contribution in [0.2, 0.25) is 0 Å². The van der Waals surface area contributed by atoms with Crippen LogP contribution in [0.25, 0.3) is 0 Å². The number of carbonyl (C=O) groups excluding carboxylic acids is 2. The summed E-state index contributed by atoms with van der Waals surface area (Å²) in [5.74, 6) is -1.29. The molecule has 2 bridgehead atoms. The van der Waals surface area contributed by atoms with E-state index in [0.29, 0.717) is 18.8 Å². The molecule has 2 fully saturated rings. The van der Waals surface area contributed by atoms with Gasteiger partial charge >= 0.3 is 0 Å². The first-order valence-corrected chi connectivity index (χ1v) is 9.92. The molecule has 3 atom stereocenters. The molecule has 2 amide bonds. The van der Waals surface area contributed by atoms with Crippen LogP contribution in [0.15, 0.2) is 18.2 Å². The van der Waals surface area contributed by atoms with Crippen LogP contribution in [0.5, 0.6) is 0 Å². The minimum atomic E-state index is -0.748. The fourth-order valence-electron chi connectivity index (χ4n) is 4.84. The minimum Gasteiger partial charge on any atom is -0.387 e. The van der Waals surface area contributed by atoms with E-state index in [9.17, 15) is 23.5 Å². The third-order valence-electron chi connectivity index (χ3n) is 6.23. The molecule has 1 aromatic carbocycles. The third-order valence-corrected chi connectivity index (χ3v) is 6.23. The summed E-state index contributed by atoms with van der Waals surface area (Å²) in [7, 11) is 0. The molecule has 0 spiro atoms. The van der Waals surface area contributed by atoms with Crippen LogP contribution in [-0.2, 0) is 16.1 Å². The Morgan fingerprint density at radius 2 is 2.07 bits per heavy atom. The number of aliphatic hydroxyl groups is 1. The van der Waals surface area contributed by atoms with Crippen molar-refractivity contribution < 1.29 is 23.5 Å². The fraction of sp³-hybridized carbons (Fsp3) is 0.619. The highest BCUT2D eigenvalue weighted by Crippen LogP contribution is 2.52. The Morgan fingerprint density at radius 3 is 2.75 bits per heavy atom. The Balaban J connectivity index is 1.81. The molecule has 0 aliphatic carbocycles. The summed E-state index contributed by atoms with van der Waals surface area (Å²) >= 11 is 0. The van der Waals surface area contributed by atoms with E-state index in [1.54, 1.807) is 4.90 Å². The number of benzene rings is 1. The normalized spacial score (nSPS) is 26.1. The highest BCUT2D eigenvalue weighted by Gasteiger charge is 2.60. The smallest absolute Gasteiger partial charge is 0.248 e. The van der Waals surface area contributed by atoms with E-state index in [2.05, 4.69) is 19.2 Å². The summed E-state index contributed by atoms with van der Waals surface area (Å²) in [4.78, 5) is 27.2. The van der Waals surface area contributed by atoms with Gasteiger partial charge in [-0.2, -0.15) is 0 Å². The standard InChI is InChI=1S/C21H28F2N2O3/c1-13(2)7-8-21(10-16-4-6-18(21)25(16)19(27)12-26)20(28)24-11-14-9-15(22)3-5-17(14)23/h3,5,9,13,16,18,26H,4,6-8,10-12H2,1-2H3,(H,24,28)/t16-,18+,21+/m1/s1. The summed E-state index contributed by atoms with van der Waals surface area (Å²) in [6, 6.07) is 2.87. The maximum atomic E-state index is 13.9. The van der Waals surface area contributed by atoms with Crippen molar-refractivity contribution in [1.82, 2.24) is 10.2 Å². The van der Waals surface area contributed by atoms with E-state index in [1.807, 2.05) is 0 Å². The zero-order valence-corrected chi connectivity index (χ0v) is 16.4. The SMILES string of the molecule is CC(C)CC[C@]1(C(=O)NCc2cc(F)ccc2F)C[C@H]2CC[C@@H]1N2C(=O)CO. The Labute approximate surface area is 164 Å². The molecule has 2 saturated heterocycles. The van der Waals surface area contributed by atoms with E-state index < -0.39 is 23.7 Å². The molecule has 154 valence electrons. The molecule has 0 saturated carbocycles. The zero-order chi connectivity index (χ0) is 20.5. The average molecular weight is 394 g/mol. The Hall–Kier alpha value is -2.02. The molecule has 3 rings (SSSR count). The second kappa shape index (κ2) is 8.15. The molecular weight excluding hydrogens is 366 g/mol. The molecule has 2 N–H and O–H groups in total. The molecular formula is C21H28F2N2O3.